The Morgan fingerprint density at radius 2 is 1.97 bits per heavy atom. The second-order valence-corrected chi connectivity index (χ2v) is 12.7. The quantitative estimate of drug-likeness (QED) is 0.156. The molecule has 36 heavy (non-hydrogen) atoms. The van der Waals surface area contributed by atoms with Crippen molar-refractivity contribution < 1.29 is 60.5 Å². The van der Waals surface area contributed by atoms with Gasteiger partial charge in [-0.25, -0.2) is 0 Å². The maximum atomic E-state index is 13.4. The molecule has 2 atom stereocenters. The number of hydrogen-bond acceptors (Lipinski definition) is 6. The van der Waals surface area contributed by atoms with E-state index in [0.717, 1.165) is 18.3 Å². The Bertz CT molecular complexity index is 1350. The van der Waals surface area contributed by atoms with Crippen molar-refractivity contribution in [1.82, 2.24) is 5.32 Å². The van der Waals surface area contributed by atoms with Crippen LogP contribution in [0.3, 0.4) is 0 Å². The van der Waals surface area contributed by atoms with E-state index in [1.807, 2.05) is 0 Å². The van der Waals surface area contributed by atoms with E-state index in [2.05, 4.69) is 8.38 Å². The van der Waals surface area contributed by atoms with E-state index in [1.54, 1.807) is 37.4 Å². The van der Waals surface area contributed by atoms with Crippen molar-refractivity contribution in [2.24, 2.45) is 0 Å². The summed E-state index contributed by atoms with van der Waals surface area (Å²) in [4.78, 5) is 35.5. The van der Waals surface area contributed by atoms with Crippen molar-refractivity contribution in [3.63, 3.8) is 0 Å². The molecule has 0 aliphatic heterocycles. The zero-order valence-corrected chi connectivity index (χ0v) is 23.3. The van der Waals surface area contributed by atoms with E-state index >= 15 is 0 Å². The molecule has 3 N–H and O–H groups in total. The first kappa shape index (κ1) is 28.5. The van der Waals surface area contributed by atoms with Crippen molar-refractivity contribution in [1.29, 1.82) is 0 Å². The molecule has 2 unspecified atom stereocenters. The van der Waals surface area contributed by atoms with Crippen LogP contribution in [-0.4, -0.2) is 26.1 Å². The molecule has 0 radical (unpaired) electrons. The summed E-state index contributed by atoms with van der Waals surface area (Å²) in [5.74, 6) is -3.00. The van der Waals surface area contributed by atoms with Gasteiger partial charge in [0.1, 0.15) is 0 Å². The molecule has 0 aliphatic rings. The van der Waals surface area contributed by atoms with Crippen molar-refractivity contribution in [3.8, 4) is 0 Å². The fourth-order valence-corrected chi connectivity index (χ4v) is 7.32. The van der Waals surface area contributed by atoms with Gasteiger partial charge in [0.15, 0.2) is 0 Å². The first-order valence-electron chi connectivity index (χ1n) is 10.1. The van der Waals surface area contributed by atoms with Crippen LogP contribution in [0.15, 0.2) is 48.0 Å². The van der Waals surface area contributed by atoms with Gasteiger partial charge < -0.3 is 0 Å². The molecular formula is C22H20ClF2INO7PS. The molecule has 3 aromatic rings. The zero-order valence-electron chi connectivity index (χ0n) is 18.7. The predicted octanol–water partition coefficient (Wildman–Crippen LogP) is 2.86. The molecule has 2 aromatic carbocycles. The van der Waals surface area contributed by atoms with Crippen molar-refractivity contribution in [2.45, 2.75) is 25.6 Å². The Hall–Kier alpha value is -2.09. The minimum atomic E-state index is -4.73. The van der Waals surface area contributed by atoms with Crippen molar-refractivity contribution in [3.05, 3.63) is 75.8 Å². The van der Waals surface area contributed by atoms with Crippen LogP contribution in [0, 0.1) is 11.6 Å². The van der Waals surface area contributed by atoms with Gasteiger partial charge in [0.2, 0.25) is 0 Å². The third kappa shape index (κ3) is 7.46. The van der Waals surface area contributed by atoms with Gasteiger partial charge in [-0.1, -0.05) is 0 Å². The predicted molar refractivity (Wildman–Crippen MR) is 128 cm³/mol. The molecular weight excluding hydrogens is 654 g/mol. The summed E-state index contributed by atoms with van der Waals surface area (Å²) in [6, 6.07) is 8.04. The first-order chi connectivity index (χ1) is 17.0. The van der Waals surface area contributed by atoms with Crippen LogP contribution in [0.1, 0.15) is 30.6 Å². The molecule has 1 aromatic heterocycles. The van der Waals surface area contributed by atoms with E-state index in [1.165, 1.54) is 23.5 Å². The van der Waals surface area contributed by atoms with Crippen LogP contribution in [0.5, 0.6) is 0 Å². The van der Waals surface area contributed by atoms with Crippen LogP contribution < -0.4 is 27.4 Å². The number of ether oxygens (including phenoxy) is 1. The van der Waals surface area contributed by atoms with Gasteiger partial charge >= 0.3 is 226 Å². The summed E-state index contributed by atoms with van der Waals surface area (Å²) >= 11 is 5.38. The molecule has 0 saturated carbocycles. The monoisotopic (exact) mass is 673 g/mol. The number of carbonyl (C=O) groups excluding carboxylic acids is 1. The van der Waals surface area contributed by atoms with Gasteiger partial charge in [-0.15, -0.1) is 0 Å². The summed E-state index contributed by atoms with van der Waals surface area (Å²) in [6.07, 6.45) is 1.03. The normalized spacial score (nSPS) is 14.2. The Morgan fingerprint density at radius 1 is 1.22 bits per heavy atom. The summed E-state index contributed by atoms with van der Waals surface area (Å²) in [5.41, 5.74) is -1.26. The van der Waals surface area contributed by atoms with Gasteiger partial charge in [-0.05, 0) is 0 Å². The fourth-order valence-electron chi connectivity index (χ4n) is 2.96. The number of thiophene rings is 1. The zero-order chi connectivity index (χ0) is 26.5. The second kappa shape index (κ2) is 12.4. The molecule has 1 amide bonds. The summed E-state index contributed by atoms with van der Waals surface area (Å²) < 4.78 is 54.0. The molecule has 0 spiro atoms. The number of fused-ring (bicyclic) bond motifs is 1. The third-order valence-electron chi connectivity index (χ3n) is 4.45. The van der Waals surface area contributed by atoms with E-state index in [0.29, 0.717) is 15.1 Å². The van der Waals surface area contributed by atoms with Gasteiger partial charge in [0.25, 0.3) is 0 Å². The number of nitrogens with one attached hydrogen (secondary N) is 1. The molecule has 194 valence electrons. The Balaban J connectivity index is 1.86. The fraction of sp³-hybridized carbons (Fsp3) is 0.182. The minimum absolute atomic E-state index is 0.191. The molecule has 8 nitrogen and oxygen atoms in total. The Morgan fingerprint density at radius 3 is 2.67 bits per heavy atom. The molecule has 3 rings (SSSR count). The number of halogens is 4. The summed E-state index contributed by atoms with van der Waals surface area (Å²) in [7, 11) is -4.73. The number of rotatable bonds is 9. The number of benzene rings is 2. The van der Waals surface area contributed by atoms with Crippen molar-refractivity contribution in [2.75, 3.05) is 0 Å². The molecule has 1 heterocycles. The van der Waals surface area contributed by atoms with Gasteiger partial charge in [-0.3, -0.25) is 0 Å². The molecule has 14 heteroatoms. The molecule has 0 saturated heterocycles. The summed E-state index contributed by atoms with van der Waals surface area (Å²) in [6.45, 7) is 3.23. The van der Waals surface area contributed by atoms with E-state index in [4.69, 9.17) is 19.2 Å². The van der Waals surface area contributed by atoms with E-state index in [9.17, 15) is 27.8 Å². The first-order valence-corrected chi connectivity index (χ1v) is 14.9. The topological polar surface area (TPSA) is 115 Å². The third-order valence-corrected chi connectivity index (χ3v) is 9.90. The number of amides is 1. The standard InChI is InChI=1S/C22H20ClF2INO7PS/c1-12(2)32-22(29)33-26-34-35(30,31)20(16-11-36-19-6-4-14(23)10-15(16)19)21(28)27-8-7-13-3-5-17(24)18(25)9-13/h3-12,20,33H,1-2H3,(H,27,28)(H,30,31)/b8-7+. The second-order valence-electron chi connectivity index (χ2n) is 7.47. The van der Waals surface area contributed by atoms with Crippen LogP contribution in [0.2, 0.25) is 5.02 Å². The van der Waals surface area contributed by atoms with Crippen LogP contribution in [-0.2, 0) is 16.9 Å². The van der Waals surface area contributed by atoms with E-state index < -0.39 is 65.1 Å². The van der Waals surface area contributed by atoms with Gasteiger partial charge in [0, 0.05) is 0 Å². The Labute approximate surface area is 225 Å². The maximum absolute atomic E-state index is 13.4. The van der Waals surface area contributed by atoms with Gasteiger partial charge in [0.05, 0.1) is 0 Å². The summed E-state index contributed by atoms with van der Waals surface area (Å²) in [5, 5.41) is 4.75. The number of carbonyl (C=O) groups is 2. The van der Waals surface area contributed by atoms with Crippen LogP contribution in [0.25, 0.3) is 16.2 Å². The molecule has 0 fully saturated rings. The van der Waals surface area contributed by atoms with Crippen LogP contribution >= 0.6 is 30.5 Å². The Kier molecular flexibility index (Phi) is 9.84. The average molecular weight is 674 g/mol. The molecule has 0 aliphatic carbocycles. The van der Waals surface area contributed by atoms with Gasteiger partial charge in [-0.2, -0.15) is 0 Å². The number of hydrogen-bond donors (Lipinski definition) is 2. The average Bonchev–Trinajstić information content (AvgIpc) is 3.18. The van der Waals surface area contributed by atoms with Crippen LogP contribution in [0.4, 0.5) is 13.6 Å². The van der Waals surface area contributed by atoms with Crippen molar-refractivity contribution >= 4 is 58.8 Å². The van der Waals surface area contributed by atoms with E-state index in [-0.39, 0.29) is 11.1 Å². The molecule has 0 bridgehead atoms. The SMILES string of the molecule is CC(C)OC(=O)[OH+][I-]OP(=O)(O)C(C(=O)N/C=C/c1ccc(F)c(F)c1)c1csc2ccc(Cl)cc12.